The van der Waals surface area contributed by atoms with E-state index in [1.54, 1.807) is 11.8 Å². The molecule has 1 heterocycles. The first-order valence-electron chi connectivity index (χ1n) is 7.96. The van der Waals surface area contributed by atoms with Gasteiger partial charge >= 0.3 is 0 Å². The van der Waals surface area contributed by atoms with Gasteiger partial charge in [0.15, 0.2) is 0 Å². The van der Waals surface area contributed by atoms with Gasteiger partial charge in [0, 0.05) is 37.7 Å². The molecule has 0 bridgehead atoms. The number of benzene rings is 2. The first kappa shape index (κ1) is 17.1. The maximum absolute atomic E-state index is 12.3. The molecule has 0 saturated heterocycles. The molecule has 1 amide bonds. The van der Waals surface area contributed by atoms with E-state index in [0.717, 1.165) is 33.2 Å². The molecule has 24 heavy (non-hydrogen) atoms. The Kier molecular flexibility index (Phi) is 4.97. The number of halogens is 1. The Morgan fingerprint density at radius 3 is 2.75 bits per heavy atom. The van der Waals surface area contributed by atoms with Crippen molar-refractivity contribution in [1.82, 2.24) is 5.32 Å². The molecule has 0 aliphatic carbocycles. The molecule has 0 unspecified atom stereocenters. The second-order valence-corrected chi connectivity index (χ2v) is 7.43. The lowest BCUT2D eigenvalue weighted by Gasteiger charge is -2.12. The standard InChI is InChI=1S/C19H19ClN2OS/c1-4-11(2)21-19(23)13-5-7-18-16(9-13)22-12(3)15-10-14(20)6-8-17(15)24-18/h5-11H,4H2,1-3H3,(H,21,23)/t11-/m1/s1. The molecule has 3 nitrogen and oxygen atoms in total. The molecular formula is C19H19ClN2OS. The third-order valence-electron chi connectivity index (χ3n) is 4.05. The first-order valence-corrected chi connectivity index (χ1v) is 9.15. The predicted octanol–water partition coefficient (Wildman–Crippen LogP) is 5.47. The second-order valence-electron chi connectivity index (χ2n) is 5.91. The molecule has 1 aliphatic rings. The van der Waals surface area contributed by atoms with Crippen molar-refractivity contribution in [2.75, 3.05) is 0 Å². The second kappa shape index (κ2) is 6.99. The Morgan fingerprint density at radius 1 is 1.25 bits per heavy atom. The SMILES string of the molecule is CC[C@@H](C)NC(=O)c1ccc2c(c1)N=C(C)c1cc(Cl)ccc1S2. The van der Waals surface area contributed by atoms with Gasteiger partial charge in [0.2, 0.25) is 0 Å². The average Bonchev–Trinajstić information content (AvgIpc) is 2.70. The van der Waals surface area contributed by atoms with Crippen molar-refractivity contribution in [1.29, 1.82) is 0 Å². The van der Waals surface area contributed by atoms with Crippen LogP contribution in [0.4, 0.5) is 5.69 Å². The topological polar surface area (TPSA) is 41.5 Å². The van der Waals surface area contributed by atoms with E-state index >= 15 is 0 Å². The third kappa shape index (κ3) is 3.50. The van der Waals surface area contributed by atoms with Gasteiger partial charge in [-0.2, -0.15) is 0 Å². The molecule has 0 spiro atoms. The molecule has 0 radical (unpaired) electrons. The number of hydrogen-bond acceptors (Lipinski definition) is 3. The molecule has 1 aliphatic heterocycles. The fraction of sp³-hybridized carbons (Fsp3) is 0.263. The number of aliphatic imine (C=N–C) groups is 1. The van der Waals surface area contributed by atoms with Crippen molar-refractivity contribution in [3.63, 3.8) is 0 Å². The van der Waals surface area contributed by atoms with Crippen molar-refractivity contribution in [3.05, 3.63) is 52.5 Å². The normalized spacial score (nSPS) is 14.1. The lowest BCUT2D eigenvalue weighted by molar-refractivity contribution is 0.0939. The summed E-state index contributed by atoms with van der Waals surface area (Å²) in [5, 5.41) is 3.69. The van der Waals surface area contributed by atoms with Crippen LogP contribution in [0.25, 0.3) is 0 Å². The number of carbonyl (C=O) groups excluding carboxylic acids is 1. The number of fused-ring (bicyclic) bond motifs is 2. The third-order valence-corrected chi connectivity index (χ3v) is 5.43. The smallest absolute Gasteiger partial charge is 0.251 e. The van der Waals surface area contributed by atoms with E-state index in [0.29, 0.717) is 10.6 Å². The minimum atomic E-state index is -0.0604. The molecule has 124 valence electrons. The van der Waals surface area contributed by atoms with Crippen molar-refractivity contribution in [2.45, 2.75) is 43.0 Å². The molecule has 1 N–H and O–H groups in total. The molecule has 1 atom stereocenters. The summed E-state index contributed by atoms with van der Waals surface area (Å²) in [5.41, 5.74) is 3.39. The maximum Gasteiger partial charge on any atom is 0.251 e. The van der Waals surface area contributed by atoms with Crippen LogP contribution in [-0.4, -0.2) is 17.7 Å². The Morgan fingerprint density at radius 2 is 2.00 bits per heavy atom. The number of rotatable bonds is 3. The number of nitrogens with one attached hydrogen (secondary N) is 1. The van der Waals surface area contributed by atoms with E-state index < -0.39 is 0 Å². The highest BCUT2D eigenvalue weighted by atomic mass is 35.5. The van der Waals surface area contributed by atoms with Crippen molar-refractivity contribution < 1.29 is 4.79 Å². The van der Waals surface area contributed by atoms with Crippen molar-refractivity contribution in [2.24, 2.45) is 4.99 Å². The maximum atomic E-state index is 12.3. The van der Waals surface area contributed by atoms with Crippen LogP contribution in [0.2, 0.25) is 5.02 Å². The van der Waals surface area contributed by atoms with Gasteiger partial charge in [0.05, 0.1) is 5.69 Å². The van der Waals surface area contributed by atoms with E-state index in [1.165, 1.54) is 0 Å². The Hall–Kier alpha value is -1.78. The van der Waals surface area contributed by atoms with Crippen LogP contribution in [0, 0.1) is 0 Å². The summed E-state index contributed by atoms with van der Waals surface area (Å²) in [6.45, 7) is 6.02. The monoisotopic (exact) mass is 358 g/mol. The molecular weight excluding hydrogens is 340 g/mol. The van der Waals surface area contributed by atoms with Gasteiger partial charge in [-0.3, -0.25) is 9.79 Å². The molecule has 0 aromatic heterocycles. The number of nitrogens with zero attached hydrogens (tertiary/aromatic N) is 1. The summed E-state index contributed by atoms with van der Waals surface area (Å²) in [4.78, 5) is 19.2. The average molecular weight is 359 g/mol. The summed E-state index contributed by atoms with van der Waals surface area (Å²) in [6.07, 6.45) is 0.903. The Bertz CT molecular complexity index is 832. The van der Waals surface area contributed by atoms with Crippen LogP contribution in [0.3, 0.4) is 0 Å². The highest BCUT2D eigenvalue weighted by Crippen LogP contribution is 2.41. The lowest BCUT2D eigenvalue weighted by Crippen LogP contribution is -2.31. The lowest BCUT2D eigenvalue weighted by atomic mass is 10.1. The van der Waals surface area contributed by atoms with Gasteiger partial charge in [-0.15, -0.1) is 0 Å². The summed E-state index contributed by atoms with van der Waals surface area (Å²) >= 11 is 7.77. The molecule has 2 aromatic carbocycles. The van der Waals surface area contributed by atoms with Crippen LogP contribution in [0.1, 0.15) is 43.1 Å². The van der Waals surface area contributed by atoms with Crippen molar-refractivity contribution >= 4 is 40.7 Å². The zero-order valence-electron chi connectivity index (χ0n) is 13.9. The van der Waals surface area contributed by atoms with Crippen LogP contribution in [0.5, 0.6) is 0 Å². The van der Waals surface area contributed by atoms with Crippen LogP contribution in [0.15, 0.2) is 51.2 Å². The van der Waals surface area contributed by atoms with E-state index in [9.17, 15) is 4.79 Å². The summed E-state index contributed by atoms with van der Waals surface area (Å²) in [5.74, 6) is -0.0604. The fourth-order valence-electron chi connectivity index (χ4n) is 2.47. The molecule has 2 aromatic rings. The van der Waals surface area contributed by atoms with Gasteiger partial charge in [0.1, 0.15) is 0 Å². The number of amides is 1. The Balaban J connectivity index is 1.98. The number of carbonyl (C=O) groups is 1. The zero-order valence-corrected chi connectivity index (χ0v) is 15.5. The zero-order chi connectivity index (χ0) is 17.3. The predicted molar refractivity (Wildman–Crippen MR) is 101 cm³/mol. The van der Waals surface area contributed by atoms with Crippen LogP contribution < -0.4 is 5.32 Å². The van der Waals surface area contributed by atoms with Gasteiger partial charge in [0.25, 0.3) is 5.91 Å². The molecule has 0 fully saturated rings. The minimum Gasteiger partial charge on any atom is -0.350 e. The fourth-order valence-corrected chi connectivity index (χ4v) is 3.68. The van der Waals surface area contributed by atoms with Crippen LogP contribution >= 0.6 is 23.4 Å². The summed E-state index contributed by atoms with van der Waals surface area (Å²) in [7, 11) is 0. The van der Waals surface area contributed by atoms with Gasteiger partial charge in [-0.05, 0) is 56.7 Å². The van der Waals surface area contributed by atoms with Crippen molar-refractivity contribution in [3.8, 4) is 0 Å². The van der Waals surface area contributed by atoms with Gasteiger partial charge < -0.3 is 5.32 Å². The van der Waals surface area contributed by atoms with Crippen LogP contribution in [-0.2, 0) is 0 Å². The van der Waals surface area contributed by atoms with Gasteiger partial charge in [-0.25, -0.2) is 0 Å². The molecule has 0 saturated carbocycles. The molecule has 5 heteroatoms. The van der Waals surface area contributed by atoms with E-state index in [4.69, 9.17) is 16.6 Å². The largest absolute Gasteiger partial charge is 0.350 e. The quantitative estimate of drug-likeness (QED) is 0.789. The highest BCUT2D eigenvalue weighted by molar-refractivity contribution is 7.99. The summed E-state index contributed by atoms with van der Waals surface area (Å²) in [6, 6.07) is 11.7. The van der Waals surface area contributed by atoms with Gasteiger partial charge in [-0.1, -0.05) is 30.3 Å². The van der Waals surface area contributed by atoms with E-state index in [-0.39, 0.29) is 11.9 Å². The minimum absolute atomic E-state index is 0.0604. The summed E-state index contributed by atoms with van der Waals surface area (Å²) < 4.78 is 0. The number of hydrogen-bond donors (Lipinski definition) is 1. The highest BCUT2D eigenvalue weighted by Gasteiger charge is 2.17. The van der Waals surface area contributed by atoms with E-state index in [1.807, 2.05) is 50.2 Å². The molecule has 3 rings (SSSR count). The van der Waals surface area contributed by atoms with E-state index in [2.05, 4.69) is 12.2 Å². The Labute approximate surface area is 151 Å². The first-order chi connectivity index (χ1) is 11.5.